The van der Waals surface area contributed by atoms with E-state index in [9.17, 15) is 14.0 Å². The fraction of sp³-hybridized carbons (Fsp3) is 0.267. The Morgan fingerprint density at radius 1 is 1.39 bits per heavy atom. The number of halogens is 1. The lowest BCUT2D eigenvalue weighted by Crippen LogP contribution is -2.36. The molecule has 3 amide bonds. The number of nitrogens with zero attached hydrogens (tertiary/aromatic N) is 2. The van der Waals surface area contributed by atoms with E-state index in [2.05, 4.69) is 20.8 Å². The van der Waals surface area contributed by atoms with Crippen molar-refractivity contribution in [1.29, 1.82) is 0 Å². The Kier molecular flexibility index (Phi) is 3.96. The highest BCUT2D eigenvalue weighted by molar-refractivity contribution is 6.04. The first-order chi connectivity index (χ1) is 11.1. The Bertz CT molecular complexity index is 758. The zero-order valence-corrected chi connectivity index (χ0v) is 12.5. The van der Waals surface area contributed by atoms with Gasteiger partial charge < -0.3 is 15.5 Å². The minimum Gasteiger partial charge on any atom is -0.338 e. The Balaban J connectivity index is 1.73. The minimum absolute atomic E-state index is 0.167. The smallest absolute Gasteiger partial charge is 0.318 e. The Morgan fingerprint density at radius 2 is 2.22 bits per heavy atom. The number of hydrogen-bond donors (Lipinski definition) is 3. The topological polar surface area (TPSA) is 90.1 Å². The molecule has 0 unspecified atom stereocenters. The largest absolute Gasteiger partial charge is 0.338 e. The van der Waals surface area contributed by atoms with Gasteiger partial charge in [0, 0.05) is 17.7 Å². The zero-order valence-electron chi connectivity index (χ0n) is 12.5. The van der Waals surface area contributed by atoms with E-state index in [1.165, 1.54) is 18.2 Å². The molecule has 2 heterocycles. The first-order valence-corrected chi connectivity index (χ1v) is 7.24. The van der Waals surface area contributed by atoms with Crippen molar-refractivity contribution in [2.45, 2.75) is 20.0 Å². The van der Waals surface area contributed by atoms with Crippen molar-refractivity contribution >= 4 is 17.8 Å². The van der Waals surface area contributed by atoms with Crippen molar-refractivity contribution in [3.63, 3.8) is 0 Å². The van der Waals surface area contributed by atoms with Crippen LogP contribution in [0.3, 0.4) is 0 Å². The van der Waals surface area contributed by atoms with Crippen molar-refractivity contribution in [1.82, 2.24) is 20.4 Å². The number of nitrogens with one attached hydrogen (secondary N) is 3. The number of aromatic amines is 1. The molecule has 8 heteroatoms. The van der Waals surface area contributed by atoms with E-state index in [0.29, 0.717) is 25.5 Å². The third kappa shape index (κ3) is 3.01. The van der Waals surface area contributed by atoms with Crippen LogP contribution >= 0.6 is 0 Å². The molecule has 0 atom stereocenters. The van der Waals surface area contributed by atoms with Gasteiger partial charge >= 0.3 is 6.03 Å². The highest BCUT2D eigenvalue weighted by Gasteiger charge is 2.28. The Labute approximate surface area is 131 Å². The van der Waals surface area contributed by atoms with Crippen molar-refractivity contribution in [2.75, 3.05) is 11.9 Å². The Morgan fingerprint density at radius 3 is 2.96 bits per heavy atom. The number of amides is 3. The average Bonchev–Trinajstić information content (AvgIpc) is 3.09. The van der Waals surface area contributed by atoms with Crippen LogP contribution in [-0.4, -0.2) is 33.6 Å². The first kappa shape index (κ1) is 15.0. The molecule has 0 spiro atoms. The molecule has 1 aromatic heterocycles. The van der Waals surface area contributed by atoms with Crippen LogP contribution in [0.2, 0.25) is 0 Å². The van der Waals surface area contributed by atoms with Gasteiger partial charge in [0.2, 0.25) is 0 Å². The zero-order chi connectivity index (χ0) is 16.4. The monoisotopic (exact) mass is 317 g/mol. The van der Waals surface area contributed by atoms with Gasteiger partial charge in [0.05, 0.1) is 18.8 Å². The number of aromatic nitrogens is 2. The normalized spacial score (nSPS) is 12.9. The third-order valence-electron chi connectivity index (χ3n) is 3.58. The van der Waals surface area contributed by atoms with E-state index in [1.54, 1.807) is 4.90 Å². The second-order valence-electron chi connectivity index (χ2n) is 5.19. The van der Waals surface area contributed by atoms with E-state index < -0.39 is 11.7 Å². The molecule has 2 aromatic rings. The number of H-pyrrole nitrogens is 1. The maximum absolute atomic E-state index is 13.2. The number of benzene rings is 1. The molecule has 1 aliphatic heterocycles. The van der Waals surface area contributed by atoms with Crippen LogP contribution in [0.4, 0.5) is 15.0 Å². The van der Waals surface area contributed by atoms with Crippen molar-refractivity contribution in [3.8, 4) is 0 Å². The maximum atomic E-state index is 13.2. The summed E-state index contributed by atoms with van der Waals surface area (Å²) in [5.74, 6) is -0.566. The van der Waals surface area contributed by atoms with Gasteiger partial charge in [-0.2, -0.15) is 5.10 Å². The second-order valence-corrected chi connectivity index (χ2v) is 5.19. The lowest BCUT2D eigenvalue weighted by molar-refractivity contribution is 0.102. The lowest BCUT2D eigenvalue weighted by Gasteiger charge is -2.15. The summed E-state index contributed by atoms with van der Waals surface area (Å²) in [4.78, 5) is 25.6. The molecule has 120 valence electrons. The van der Waals surface area contributed by atoms with Gasteiger partial charge in [-0.15, -0.1) is 0 Å². The lowest BCUT2D eigenvalue weighted by atomic mass is 10.2. The summed E-state index contributed by atoms with van der Waals surface area (Å²) in [6, 6.07) is 5.25. The van der Waals surface area contributed by atoms with Gasteiger partial charge in [0.15, 0.2) is 5.82 Å². The summed E-state index contributed by atoms with van der Waals surface area (Å²) in [5, 5.41) is 12.3. The summed E-state index contributed by atoms with van der Waals surface area (Å²) in [6.45, 7) is 3.16. The summed E-state index contributed by atoms with van der Waals surface area (Å²) < 4.78 is 13.2. The minimum atomic E-state index is -0.479. The SMILES string of the molecule is CCNC(=O)N1Cc2[nH]nc(NC(=O)c3cccc(F)c3)c2C1. The molecule has 1 aromatic carbocycles. The molecule has 0 saturated heterocycles. The number of rotatable bonds is 3. The fourth-order valence-corrected chi connectivity index (χ4v) is 2.46. The summed E-state index contributed by atoms with van der Waals surface area (Å²) in [6.07, 6.45) is 0. The number of hydrogen-bond acceptors (Lipinski definition) is 3. The predicted octanol–water partition coefficient (Wildman–Crippen LogP) is 1.85. The van der Waals surface area contributed by atoms with E-state index >= 15 is 0 Å². The number of urea groups is 1. The average molecular weight is 317 g/mol. The number of carbonyl (C=O) groups is 2. The molecule has 0 aliphatic carbocycles. The van der Waals surface area contributed by atoms with Crippen LogP contribution in [-0.2, 0) is 13.1 Å². The van der Waals surface area contributed by atoms with E-state index in [-0.39, 0.29) is 11.6 Å². The van der Waals surface area contributed by atoms with Gasteiger partial charge in [-0.1, -0.05) is 6.07 Å². The van der Waals surface area contributed by atoms with Crippen LogP contribution in [0.5, 0.6) is 0 Å². The quantitative estimate of drug-likeness (QED) is 0.807. The van der Waals surface area contributed by atoms with Gasteiger partial charge in [-0.25, -0.2) is 9.18 Å². The first-order valence-electron chi connectivity index (χ1n) is 7.24. The van der Waals surface area contributed by atoms with Crippen LogP contribution in [0.15, 0.2) is 24.3 Å². The molecule has 0 radical (unpaired) electrons. The molecular weight excluding hydrogens is 301 g/mol. The van der Waals surface area contributed by atoms with Crippen molar-refractivity contribution < 1.29 is 14.0 Å². The molecule has 0 saturated carbocycles. The van der Waals surface area contributed by atoms with Crippen LogP contribution in [0.25, 0.3) is 0 Å². The molecule has 0 bridgehead atoms. The number of anilines is 1. The molecule has 3 N–H and O–H groups in total. The Hall–Kier alpha value is -2.90. The third-order valence-corrected chi connectivity index (χ3v) is 3.58. The van der Waals surface area contributed by atoms with Gasteiger partial charge in [-0.05, 0) is 25.1 Å². The van der Waals surface area contributed by atoms with Crippen LogP contribution in [0.1, 0.15) is 28.5 Å². The van der Waals surface area contributed by atoms with Gasteiger partial charge in [0.25, 0.3) is 5.91 Å². The van der Waals surface area contributed by atoms with Crippen molar-refractivity contribution in [3.05, 3.63) is 46.9 Å². The molecule has 23 heavy (non-hydrogen) atoms. The number of carbonyl (C=O) groups excluding carboxylic acids is 2. The van der Waals surface area contributed by atoms with Crippen molar-refractivity contribution in [2.24, 2.45) is 0 Å². The highest BCUT2D eigenvalue weighted by atomic mass is 19.1. The fourth-order valence-electron chi connectivity index (χ4n) is 2.46. The van der Waals surface area contributed by atoms with E-state index in [4.69, 9.17) is 0 Å². The summed E-state index contributed by atoms with van der Waals surface area (Å²) >= 11 is 0. The predicted molar refractivity (Wildman–Crippen MR) is 81.3 cm³/mol. The second kappa shape index (κ2) is 6.07. The van der Waals surface area contributed by atoms with Gasteiger partial charge in [0.1, 0.15) is 5.82 Å². The maximum Gasteiger partial charge on any atom is 0.318 e. The van der Waals surface area contributed by atoms with E-state index in [0.717, 1.165) is 17.3 Å². The van der Waals surface area contributed by atoms with Crippen LogP contribution in [0, 0.1) is 5.82 Å². The number of fused-ring (bicyclic) bond motifs is 1. The molecule has 0 fully saturated rings. The summed E-state index contributed by atoms with van der Waals surface area (Å²) in [5.41, 5.74) is 1.76. The highest BCUT2D eigenvalue weighted by Crippen LogP contribution is 2.27. The molecule has 7 nitrogen and oxygen atoms in total. The van der Waals surface area contributed by atoms with Gasteiger partial charge in [-0.3, -0.25) is 9.89 Å². The van der Waals surface area contributed by atoms with Crippen LogP contribution < -0.4 is 10.6 Å². The molecular formula is C15H16FN5O2. The van der Waals surface area contributed by atoms with E-state index in [1.807, 2.05) is 6.92 Å². The summed E-state index contributed by atoms with van der Waals surface area (Å²) in [7, 11) is 0. The molecule has 3 rings (SSSR count). The standard InChI is InChI=1S/C15H16FN5O2/c1-2-17-15(23)21-7-11-12(8-21)19-20-13(11)18-14(22)9-4-3-5-10(16)6-9/h3-6H,2,7-8H2,1H3,(H,17,23)(H2,18,19,20,22). The molecule has 1 aliphatic rings.